The Bertz CT molecular complexity index is 1000. The predicted molar refractivity (Wildman–Crippen MR) is 114 cm³/mol. The van der Waals surface area contributed by atoms with Gasteiger partial charge in [0, 0.05) is 16.6 Å². The Morgan fingerprint density at radius 3 is 2.40 bits per heavy atom. The smallest absolute Gasteiger partial charge is 0.247 e. The Morgan fingerprint density at radius 1 is 1.07 bits per heavy atom. The Hall–Kier alpha value is -3.06. The van der Waals surface area contributed by atoms with E-state index in [0.717, 1.165) is 11.1 Å². The summed E-state index contributed by atoms with van der Waals surface area (Å²) >= 11 is 5.92. The highest BCUT2D eigenvalue weighted by molar-refractivity contribution is 6.30. The zero-order valence-corrected chi connectivity index (χ0v) is 18.1. The molecule has 1 heterocycles. The van der Waals surface area contributed by atoms with Gasteiger partial charge in [0.2, 0.25) is 17.7 Å². The molecule has 0 atom stereocenters. The van der Waals surface area contributed by atoms with E-state index in [1.165, 1.54) is 0 Å². The van der Waals surface area contributed by atoms with Crippen molar-refractivity contribution < 1.29 is 18.7 Å². The third-order valence-electron chi connectivity index (χ3n) is 4.61. The van der Waals surface area contributed by atoms with Crippen LogP contribution in [0.4, 0.5) is 0 Å². The molecule has 0 radical (unpaired) electrons. The predicted octanol–water partition coefficient (Wildman–Crippen LogP) is 4.39. The Morgan fingerprint density at radius 2 is 1.77 bits per heavy atom. The number of ether oxygens (including phenoxy) is 2. The van der Waals surface area contributed by atoms with Gasteiger partial charge in [-0.05, 0) is 55.8 Å². The first-order valence-corrected chi connectivity index (χ1v) is 9.87. The fourth-order valence-electron chi connectivity index (χ4n) is 3.00. The molecule has 2 aromatic carbocycles. The lowest BCUT2D eigenvalue weighted by atomic mass is 10.1. The molecule has 0 saturated heterocycles. The second-order valence-electron chi connectivity index (χ2n) is 6.99. The molecule has 0 N–H and O–H groups in total. The molecule has 0 aliphatic carbocycles. The van der Waals surface area contributed by atoms with Crippen molar-refractivity contribution in [1.29, 1.82) is 0 Å². The number of hydrogen-bond acceptors (Lipinski definition) is 6. The topological polar surface area (TPSA) is 77.7 Å². The highest BCUT2D eigenvalue weighted by Gasteiger charge is 2.21. The Balaban J connectivity index is 1.73. The van der Waals surface area contributed by atoms with E-state index in [2.05, 4.69) is 10.2 Å². The van der Waals surface area contributed by atoms with Crippen LogP contribution in [-0.4, -0.2) is 41.3 Å². The van der Waals surface area contributed by atoms with Gasteiger partial charge in [-0.25, -0.2) is 0 Å². The molecule has 0 fully saturated rings. The SMILES string of the molecule is COc1ccc(CC(=O)N(Cc2nnc(-c3ccc(Cl)cc3)o2)C(C)C)cc1OC. The lowest BCUT2D eigenvalue weighted by Crippen LogP contribution is -2.37. The summed E-state index contributed by atoms with van der Waals surface area (Å²) in [7, 11) is 3.14. The van der Waals surface area contributed by atoms with Gasteiger partial charge in [0.15, 0.2) is 11.5 Å². The van der Waals surface area contributed by atoms with Crippen molar-refractivity contribution in [3.05, 3.63) is 58.9 Å². The molecule has 0 aliphatic rings. The monoisotopic (exact) mass is 429 g/mol. The van der Waals surface area contributed by atoms with Gasteiger partial charge >= 0.3 is 0 Å². The molecule has 0 spiro atoms. The lowest BCUT2D eigenvalue weighted by molar-refractivity contribution is -0.133. The average molecular weight is 430 g/mol. The summed E-state index contributed by atoms with van der Waals surface area (Å²) in [5.41, 5.74) is 1.60. The number of methoxy groups -OCH3 is 2. The third kappa shape index (κ3) is 5.10. The number of rotatable bonds is 8. The van der Waals surface area contributed by atoms with Gasteiger partial charge in [0.25, 0.3) is 0 Å². The molecule has 8 heteroatoms. The van der Waals surface area contributed by atoms with E-state index in [-0.39, 0.29) is 24.9 Å². The molecule has 1 amide bonds. The largest absolute Gasteiger partial charge is 0.493 e. The van der Waals surface area contributed by atoms with Gasteiger partial charge in [-0.3, -0.25) is 4.79 Å². The van der Waals surface area contributed by atoms with Crippen LogP contribution in [0.15, 0.2) is 46.9 Å². The zero-order chi connectivity index (χ0) is 21.7. The molecular formula is C22H24ClN3O4. The van der Waals surface area contributed by atoms with E-state index in [4.69, 9.17) is 25.5 Å². The quantitative estimate of drug-likeness (QED) is 0.528. The van der Waals surface area contributed by atoms with Crippen molar-refractivity contribution in [3.63, 3.8) is 0 Å². The third-order valence-corrected chi connectivity index (χ3v) is 4.86. The van der Waals surface area contributed by atoms with Gasteiger partial charge in [-0.2, -0.15) is 0 Å². The summed E-state index contributed by atoms with van der Waals surface area (Å²) in [4.78, 5) is 14.7. The van der Waals surface area contributed by atoms with Gasteiger partial charge in [0.05, 0.1) is 27.2 Å². The molecule has 0 saturated carbocycles. The van der Waals surface area contributed by atoms with Crippen molar-refractivity contribution >= 4 is 17.5 Å². The van der Waals surface area contributed by atoms with E-state index in [0.29, 0.717) is 28.3 Å². The summed E-state index contributed by atoms with van der Waals surface area (Å²) in [5, 5.41) is 8.81. The molecule has 0 bridgehead atoms. The van der Waals surface area contributed by atoms with Crippen molar-refractivity contribution in [2.75, 3.05) is 14.2 Å². The molecule has 30 heavy (non-hydrogen) atoms. The number of carbonyl (C=O) groups is 1. The van der Waals surface area contributed by atoms with Gasteiger partial charge in [0.1, 0.15) is 0 Å². The molecule has 3 rings (SSSR count). The zero-order valence-electron chi connectivity index (χ0n) is 17.4. The van der Waals surface area contributed by atoms with Crippen LogP contribution in [0.2, 0.25) is 5.02 Å². The molecule has 158 valence electrons. The van der Waals surface area contributed by atoms with Crippen LogP contribution in [0.1, 0.15) is 25.3 Å². The highest BCUT2D eigenvalue weighted by atomic mass is 35.5. The van der Waals surface area contributed by atoms with Crippen LogP contribution in [0.25, 0.3) is 11.5 Å². The number of halogens is 1. The number of carbonyl (C=O) groups excluding carboxylic acids is 1. The molecular weight excluding hydrogens is 406 g/mol. The van der Waals surface area contributed by atoms with Gasteiger partial charge < -0.3 is 18.8 Å². The fourth-order valence-corrected chi connectivity index (χ4v) is 3.12. The first kappa shape index (κ1) is 21.6. The van der Waals surface area contributed by atoms with Crippen LogP contribution >= 0.6 is 11.6 Å². The molecule has 0 aliphatic heterocycles. The van der Waals surface area contributed by atoms with Crippen molar-refractivity contribution in [3.8, 4) is 23.0 Å². The summed E-state index contributed by atoms with van der Waals surface area (Å²) < 4.78 is 16.3. The van der Waals surface area contributed by atoms with Crippen LogP contribution in [0.3, 0.4) is 0 Å². The normalized spacial score (nSPS) is 10.9. The molecule has 3 aromatic rings. The average Bonchev–Trinajstić information content (AvgIpc) is 3.20. The van der Waals surface area contributed by atoms with E-state index in [1.807, 2.05) is 32.0 Å². The minimum absolute atomic E-state index is 0.0384. The summed E-state index contributed by atoms with van der Waals surface area (Å²) in [6.07, 6.45) is 0.219. The van der Waals surface area contributed by atoms with Crippen molar-refractivity contribution in [2.24, 2.45) is 0 Å². The van der Waals surface area contributed by atoms with Crippen LogP contribution < -0.4 is 9.47 Å². The number of benzene rings is 2. The maximum Gasteiger partial charge on any atom is 0.247 e. The van der Waals surface area contributed by atoms with E-state index in [9.17, 15) is 4.79 Å². The second kappa shape index (κ2) is 9.63. The minimum Gasteiger partial charge on any atom is -0.493 e. The summed E-state index contributed by atoms with van der Waals surface area (Å²) in [5.74, 6) is 1.91. The van der Waals surface area contributed by atoms with Crippen molar-refractivity contribution in [1.82, 2.24) is 15.1 Å². The first-order chi connectivity index (χ1) is 14.4. The number of amides is 1. The van der Waals surface area contributed by atoms with Crippen LogP contribution in [-0.2, 0) is 17.8 Å². The number of nitrogens with zero attached hydrogens (tertiary/aromatic N) is 3. The Labute approximate surface area is 180 Å². The summed E-state index contributed by atoms with van der Waals surface area (Å²) in [6.45, 7) is 4.12. The standard InChI is InChI=1S/C22H24ClN3O4/c1-14(2)26(21(27)12-15-5-10-18(28-3)19(11-15)29-4)13-20-24-25-22(30-20)16-6-8-17(23)9-7-16/h5-11,14H,12-13H2,1-4H3. The van der Waals surface area contributed by atoms with Crippen LogP contribution in [0.5, 0.6) is 11.5 Å². The van der Waals surface area contributed by atoms with Gasteiger partial charge in [-0.15, -0.1) is 10.2 Å². The second-order valence-corrected chi connectivity index (χ2v) is 7.43. The maximum atomic E-state index is 13.0. The van der Waals surface area contributed by atoms with E-state index in [1.54, 1.807) is 43.4 Å². The Kier molecular flexibility index (Phi) is 6.95. The van der Waals surface area contributed by atoms with Crippen LogP contribution in [0, 0.1) is 0 Å². The number of hydrogen-bond donors (Lipinski definition) is 0. The maximum absolute atomic E-state index is 13.0. The first-order valence-electron chi connectivity index (χ1n) is 9.50. The lowest BCUT2D eigenvalue weighted by Gasteiger charge is -2.25. The summed E-state index contributed by atoms with van der Waals surface area (Å²) in [6, 6.07) is 12.5. The van der Waals surface area contributed by atoms with E-state index >= 15 is 0 Å². The molecule has 1 aromatic heterocycles. The van der Waals surface area contributed by atoms with Gasteiger partial charge in [-0.1, -0.05) is 17.7 Å². The highest BCUT2D eigenvalue weighted by Crippen LogP contribution is 2.28. The number of aromatic nitrogens is 2. The van der Waals surface area contributed by atoms with Crippen molar-refractivity contribution in [2.45, 2.75) is 32.9 Å². The van der Waals surface area contributed by atoms with E-state index < -0.39 is 0 Å². The molecule has 0 unspecified atom stereocenters. The minimum atomic E-state index is -0.0523. The fraction of sp³-hybridized carbons (Fsp3) is 0.318. The molecule has 7 nitrogen and oxygen atoms in total.